The van der Waals surface area contributed by atoms with Crippen LogP contribution in [0.15, 0.2) is 24.3 Å². The average molecular weight is 310 g/mol. The summed E-state index contributed by atoms with van der Waals surface area (Å²) in [5.74, 6) is 5.00. The number of amides is 1. The van der Waals surface area contributed by atoms with Gasteiger partial charge in [-0.15, -0.1) is 0 Å². The van der Waals surface area contributed by atoms with Crippen molar-refractivity contribution in [3.05, 3.63) is 35.4 Å². The van der Waals surface area contributed by atoms with E-state index in [0.29, 0.717) is 17.5 Å². The highest BCUT2D eigenvalue weighted by Gasteiger charge is 2.11. The smallest absolute Gasteiger partial charge is 0.252 e. The van der Waals surface area contributed by atoms with E-state index in [1.54, 1.807) is 24.3 Å². The maximum absolute atomic E-state index is 12.0. The van der Waals surface area contributed by atoms with Crippen LogP contribution in [0.1, 0.15) is 22.3 Å². The molecule has 0 atom stereocenters. The number of hydrogen-bond acceptors (Lipinski definition) is 4. The molecule has 0 fully saturated rings. The molecule has 114 valence electrons. The lowest BCUT2D eigenvalue weighted by atomic mass is 10.1. The molecule has 0 heterocycles. The lowest BCUT2D eigenvalue weighted by Crippen LogP contribution is -2.33. The summed E-state index contributed by atoms with van der Waals surface area (Å²) in [5, 5.41) is 11.2. The number of rotatable bonds is 6. The second kappa shape index (κ2) is 8.42. The summed E-state index contributed by atoms with van der Waals surface area (Å²) < 4.78 is 24.7. The predicted octanol–water partition coefficient (Wildman–Crippen LogP) is -0.300. The SMILES string of the molecule is CNS(=O)(=O)CCNC(=O)c1ccccc1C#CCCO. The van der Waals surface area contributed by atoms with Crippen LogP contribution in [0.4, 0.5) is 0 Å². The number of hydrogen-bond donors (Lipinski definition) is 3. The van der Waals surface area contributed by atoms with E-state index in [2.05, 4.69) is 21.9 Å². The Morgan fingerprint density at radius 2 is 2.05 bits per heavy atom. The highest BCUT2D eigenvalue weighted by atomic mass is 32.2. The van der Waals surface area contributed by atoms with Crippen molar-refractivity contribution >= 4 is 15.9 Å². The molecular weight excluding hydrogens is 292 g/mol. The maximum atomic E-state index is 12.0. The first kappa shape index (κ1) is 17.2. The van der Waals surface area contributed by atoms with E-state index in [1.807, 2.05) is 0 Å². The molecule has 7 heteroatoms. The number of aliphatic hydroxyl groups excluding tert-OH is 1. The van der Waals surface area contributed by atoms with E-state index in [9.17, 15) is 13.2 Å². The van der Waals surface area contributed by atoms with Gasteiger partial charge in [-0.2, -0.15) is 0 Å². The van der Waals surface area contributed by atoms with Crippen molar-refractivity contribution in [3.63, 3.8) is 0 Å². The summed E-state index contributed by atoms with van der Waals surface area (Å²) in [4.78, 5) is 12.0. The summed E-state index contributed by atoms with van der Waals surface area (Å²) in [6.07, 6.45) is 0.330. The molecule has 1 rings (SSSR count). The molecule has 0 spiro atoms. The first-order valence-corrected chi connectivity index (χ1v) is 8.03. The normalized spacial score (nSPS) is 10.6. The molecule has 0 unspecified atom stereocenters. The fraction of sp³-hybridized carbons (Fsp3) is 0.357. The lowest BCUT2D eigenvalue weighted by molar-refractivity contribution is 0.0956. The molecule has 3 N–H and O–H groups in total. The molecule has 0 radical (unpaired) electrons. The summed E-state index contributed by atoms with van der Waals surface area (Å²) in [5.41, 5.74) is 0.921. The van der Waals surface area contributed by atoms with Crippen molar-refractivity contribution in [1.29, 1.82) is 0 Å². The molecule has 0 bridgehead atoms. The summed E-state index contributed by atoms with van der Waals surface area (Å²) in [6, 6.07) is 6.77. The third-order valence-corrected chi connectivity index (χ3v) is 3.96. The molecule has 0 aliphatic rings. The van der Waals surface area contributed by atoms with Crippen molar-refractivity contribution in [2.45, 2.75) is 6.42 Å². The van der Waals surface area contributed by atoms with Crippen molar-refractivity contribution < 1.29 is 18.3 Å². The highest BCUT2D eigenvalue weighted by Crippen LogP contribution is 2.07. The summed E-state index contributed by atoms with van der Waals surface area (Å²) in [7, 11) is -2.02. The van der Waals surface area contributed by atoms with Crippen molar-refractivity contribution in [1.82, 2.24) is 10.0 Å². The number of benzene rings is 1. The lowest BCUT2D eigenvalue weighted by Gasteiger charge is -2.07. The van der Waals surface area contributed by atoms with E-state index in [1.165, 1.54) is 7.05 Å². The van der Waals surface area contributed by atoms with E-state index >= 15 is 0 Å². The molecule has 1 amide bonds. The molecule has 1 aromatic rings. The number of sulfonamides is 1. The zero-order valence-corrected chi connectivity index (χ0v) is 12.5. The van der Waals surface area contributed by atoms with Gasteiger partial charge < -0.3 is 10.4 Å². The molecule has 1 aromatic carbocycles. The van der Waals surface area contributed by atoms with Gasteiger partial charge >= 0.3 is 0 Å². The van der Waals surface area contributed by atoms with Gasteiger partial charge in [0.25, 0.3) is 5.91 Å². The van der Waals surface area contributed by atoms with Crippen LogP contribution in [0.2, 0.25) is 0 Å². The maximum Gasteiger partial charge on any atom is 0.252 e. The van der Waals surface area contributed by atoms with Gasteiger partial charge in [0.2, 0.25) is 10.0 Å². The van der Waals surface area contributed by atoms with Crippen molar-refractivity contribution in [2.24, 2.45) is 0 Å². The predicted molar refractivity (Wildman–Crippen MR) is 80.2 cm³/mol. The fourth-order valence-electron chi connectivity index (χ4n) is 1.50. The van der Waals surface area contributed by atoms with Crippen LogP contribution in [0.25, 0.3) is 0 Å². The van der Waals surface area contributed by atoms with Gasteiger partial charge in [0.05, 0.1) is 17.9 Å². The summed E-state index contributed by atoms with van der Waals surface area (Å²) in [6.45, 7) is -0.0242. The van der Waals surface area contributed by atoms with Crippen LogP contribution in [0.3, 0.4) is 0 Å². The molecule has 0 saturated carbocycles. The van der Waals surface area contributed by atoms with Crippen LogP contribution in [-0.2, 0) is 10.0 Å². The van der Waals surface area contributed by atoms with Gasteiger partial charge in [-0.3, -0.25) is 4.79 Å². The minimum Gasteiger partial charge on any atom is -0.395 e. The number of nitrogens with one attached hydrogen (secondary N) is 2. The number of aliphatic hydroxyl groups is 1. The first-order valence-electron chi connectivity index (χ1n) is 6.38. The second-order valence-corrected chi connectivity index (χ2v) is 6.15. The Hall–Kier alpha value is -1.88. The fourth-order valence-corrected chi connectivity index (χ4v) is 2.07. The second-order valence-electron chi connectivity index (χ2n) is 4.10. The first-order chi connectivity index (χ1) is 10.00. The Balaban J connectivity index is 2.73. The third kappa shape index (κ3) is 5.95. The quantitative estimate of drug-likeness (QED) is 0.629. The van der Waals surface area contributed by atoms with Crippen LogP contribution in [0, 0.1) is 11.8 Å². The summed E-state index contributed by atoms with van der Waals surface area (Å²) >= 11 is 0. The molecule has 21 heavy (non-hydrogen) atoms. The molecular formula is C14H18N2O4S. The van der Waals surface area contributed by atoms with E-state index in [4.69, 9.17) is 5.11 Å². The zero-order chi connectivity index (χ0) is 15.7. The van der Waals surface area contributed by atoms with Crippen molar-refractivity contribution in [2.75, 3.05) is 26.0 Å². The topological polar surface area (TPSA) is 95.5 Å². The Morgan fingerprint density at radius 1 is 1.33 bits per heavy atom. The van der Waals surface area contributed by atoms with Crippen molar-refractivity contribution in [3.8, 4) is 11.8 Å². The van der Waals surface area contributed by atoms with Gasteiger partial charge in [0.15, 0.2) is 0 Å². The van der Waals surface area contributed by atoms with Gasteiger partial charge in [-0.05, 0) is 19.2 Å². The monoisotopic (exact) mass is 310 g/mol. The minimum atomic E-state index is -3.35. The van der Waals surface area contributed by atoms with Gasteiger partial charge in [-0.1, -0.05) is 24.0 Å². The Bertz CT molecular complexity index is 644. The zero-order valence-electron chi connectivity index (χ0n) is 11.7. The van der Waals surface area contributed by atoms with Gasteiger partial charge in [0, 0.05) is 18.5 Å². The highest BCUT2D eigenvalue weighted by molar-refractivity contribution is 7.89. The van der Waals surface area contributed by atoms with Crippen LogP contribution in [0.5, 0.6) is 0 Å². The van der Waals surface area contributed by atoms with E-state index < -0.39 is 10.0 Å². The van der Waals surface area contributed by atoms with Gasteiger partial charge in [-0.25, -0.2) is 13.1 Å². The standard InChI is InChI=1S/C14H18N2O4S/c1-15-21(19,20)11-9-16-14(18)13-8-3-2-6-12(13)7-4-5-10-17/h2-3,6,8,15,17H,5,9-11H2,1H3,(H,16,18). The molecule has 6 nitrogen and oxygen atoms in total. The number of carbonyl (C=O) groups excluding carboxylic acids is 1. The van der Waals surface area contributed by atoms with Crippen LogP contribution in [-0.4, -0.2) is 45.4 Å². The van der Waals surface area contributed by atoms with E-state index in [-0.39, 0.29) is 24.8 Å². The Kier molecular flexibility index (Phi) is 6.88. The Morgan fingerprint density at radius 3 is 2.71 bits per heavy atom. The Labute approximate surface area is 124 Å². The molecule has 0 aromatic heterocycles. The molecule has 0 saturated heterocycles. The van der Waals surface area contributed by atoms with Gasteiger partial charge in [0.1, 0.15) is 0 Å². The minimum absolute atomic E-state index is 0.0143. The largest absolute Gasteiger partial charge is 0.395 e. The molecule has 0 aliphatic carbocycles. The molecule has 0 aliphatic heterocycles. The average Bonchev–Trinajstić information content (AvgIpc) is 2.48. The number of carbonyl (C=O) groups is 1. The van der Waals surface area contributed by atoms with E-state index in [0.717, 1.165) is 0 Å². The van der Waals surface area contributed by atoms with Crippen LogP contribution < -0.4 is 10.0 Å². The third-order valence-electron chi connectivity index (χ3n) is 2.60. The van der Waals surface area contributed by atoms with Crippen LogP contribution >= 0.6 is 0 Å².